The third kappa shape index (κ3) is 3.21. The molecule has 4 rings (SSSR count). The Kier molecular flexibility index (Phi) is 4.45. The van der Waals surface area contributed by atoms with Gasteiger partial charge < -0.3 is 14.5 Å². The van der Waals surface area contributed by atoms with Crippen LogP contribution in [0.5, 0.6) is 5.75 Å². The molecule has 0 radical (unpaired) electrons. The SMILES string of the molecule is CN1CCCc2cc(CN3C(=O)COc4ccc(C(=O)NO)cc43)ccc21. The average molecular weight is 367 g/mol. The summed E-state index contributed by atoms with van der Waals surface area (Å²) in [5.41, 5.74) is 5.95. The maximum Gasteiger partial charge on any atom is 0.274 e. The van der Waals surface area contributed by atoms with E-state index < -0.39 is 5.91 Å². The molecule has 2 aromatic carbocycles. The van der Waals surface area contributed by atoms with E-state index in [4.69, 9.17) is 9.94 Å². The van der Waals surface area contributed by atoms with Crippen LogP contribution >= 0.6 is 0 Å². The highest BCUT2D eigenvalue weighted by Gasteiger charge is 2.27. The molecule has 0 aromatic heterocycles. The van der Waals surface area contributed by atoms with Gasteiger partial charge in [0, 0.05) is 24.8 Å². The molecule has 0 unspecified atom stereocenters. The van der Waals surface area contributed by atoms with Gasteiger partial charge in [-0.25, -0.2) is 5.48 Å². The molecule has 0 saturated heterocycles. The Morgan fingerprint density at radius 2 is 2.07 bits per heavy atom. The molecule has 140 valence electrons. The molecule has 7 nitrogen and oxygen atoms in total. The summed E-state index contributed by atoms with van der Waals surface area (Å²) in [6.07, 6.45) is 2.15. The van der Waals surface area contributed by atoms with E-state index in [1.165, 1.54) is 11.3 Å². The van der Waals surface area contributed by atoms with E-state index in [-0.39, 0.29) is 18.1 Å². The van der Waals surface area contributed by atoms with Crippen molar-refractivity contribution in [2.24, 2.45) is 0 Å². The van der Waals surface area contributed by atoms with Gasteiger partial charge in [-0.1, -0.05) is 12.1 Å². The Hall–Kier alpha value is -3.06. The third-order valence-electron chi connectivity index (χ3n) is 5.10. The van der Waals surface area contributed by atoms with Crippen LogP contribution in [-0.2, 0) is 17.8 Å². The summed E-state index contributed by atoms with van der Waals surface area (Å²) >= 11 is 0. The monoisotopic (exact) mass is 367 g/mol. The highest BCUT2D eigenvalue weighted by atomic mass is 16.5. The van der Waals surface area contributed by atoms with Gasteiger partial charge in [0.2, 0.25) is 0 Å². The molecule has 0 spiro atoms. The van der Waals surface area contributed by atoms with Crippen molar-refractivity contribution in [1.82, 2.24) is 5.48 Å². The van der Waals surface area contributed by atoms with Crippen LogP contribution in [0, 0.1) is 0 Å². The number of ether oxygens (including phenoxy) is 1. The summed E-state index contributed by atoms with van der Waals surface area (Å²) in [6, 6.07) is 11.0. The summed E-state index contributed by atoms with van der Waals surface area (Å²) in [5, 5.41) is 8.86. The number of carbonyl (C=O) groups is 2. The van der Waals surface area contributed by atoms with Gasteiger partial charge in [-0.05, 0) is 48.2 Å². The summed E-state index contributed by atoms with van der Waals surface area (Å²) in [7, 11) is 2.09. The van der Waals surface area contributed by atoms with Crippen LogP contribution in [0.15, 0.2) is 36.4 Å². The molecule has 0 aliphatic carbocycles. The van der Waals surface area contributed by atoms with Crippen molar-refractivity contribution in [3.63, 3.8) is 0 Å². The van der Waals surface area contributed by atoms with E-state index in [1.807, 2.05) is 6.07 Å². The number of carbonyl (C=O) groups excluding carboxylic acids is 2. The van der Waals surface area contributed by atoms with Gasteiger partial charge in [0.05, 0.1) is 12.2 Å². The zero-order chi connectivity index (χ0) is 19.0. The number of benzene rings is 2. The fourth-order valence-electron chi connectivity index (χ4n) is 3.70. The van der Waals surface area contributed by atoms with E-state index in [2.05, 4.69) is 24.1 Å². The van der Waals surface area contributed by atoms with E-state index >= 15 is 0 Å². The quantitative estimate of drug-likeness (QED) is 0.641. The fourth-order valence-corrected chi connectivity index (χ4v) is 3.70. The fraction of sp³-hybridized carbons (Fsp3) is 0.300. The van der Waals surface area contributed by atoms with Crippen LogP contribution in [0.2, 0.25) is 0 Å². The molecule has 2 aromatic rings. The number of amides is 2. The molecule has 2 aliphatic rings. The van der Waals surface area contributed by atoms with E-state index in [9.17, 15) is 9.59 Å². The second-order valence-corrected chi connectivity index (χ2v) is 6.88. The van der Waals surface area contributed by atoms with Crippen molar-refractivity contribution >= 4 is 23.2 Å². The Morgan fingerprint density at radius 1 is 1.22 bits per heavy atom. The maximum absolute atomic E-state index is 12.5. The lowest BCUT2D eigenvalue weighted by atomic mass is 9.99. The summed E-state index contributed by atoms with van der Waals surface area (Å²) < 4.78 is 5.48. The van der Waals surface area contributed by atoms with Gasteiger partial charge in [-0.15, -0.1) is 0 Å². The second-order valence-electron chi connectivity index (χ2n) is 6.88. The van der Waals surface area contributed by atoms with Gasteiger partial charge in [0.15, 0.2) is 6.61 Å². The van der Waals surface area contributed by atoms with Crippen LogP contribution in [0.1, 0.15) is 27.9 Å². The normalized spacial score (nSPS) is 15.7. The number of nitrogens with zero attached hydrogens (tertiary/aromatic N) is 2. The first kappa shape index (κ1) is 17.4. The summed E-state index contributed by atoms with van der Waals surface area (Å²) in [6.45, 7) is 1.42. The third-order valence-corrected chi connectivity index (χ3v) is 5.10. The van der Waals surface area contributed by atoms with Crippen LogP contribution in [0.25, 0.3) is 0 Å². The van der Waals surface area contributed by atoms with Crippen molar-refractivity contribution in [3.8, 4) is 5.75 Å². The van der Waals surface area contributed by atoms with Crippen LogP contribution in [-0.4, -0.2) is 37.2 Å². The first-order valence-electron chi connectivity index (χ1n) is 8.91. The Bertz CT molecular complexity index is 912. The Morgan fingerprint density at radius 3 is 2.89 bits per heavy atom. The number of aryl methyl sites for hydroxylation is 1. The first-order chi connectivity index (χ1) is 13.1. The molecule has 0 atom stereocenters. The summed E-state index contributed by atoms with van der Waals surface area (Å²) in [5.74, 6) is -0.256. The van der Waals surface area contributed by atoms with E-state index in [0.29, 0.717) is 18.0 Å². The van der Waals surface area contributed by atoms with E-state index in [0.717, 1.165) is 24.9 Å². The molecular formula is C20H21N3O4. The number of anilines is 2. The van der Waals surface area contributed by atoms with Crippen molar-refractivity contribution in [2.45, 2.75) is 19.4 Å². The molecule has 0 saturated carbocycles. The molecule has 27 heavy (non-hydrogen) atoms. The van der Waals surface area contributed by atoms with Gasteiger partial charge in [-0.2, -0.15) is 0 Å². The number of hydrogen-bond acceptors (Lipinski definition) is 5. The minimum absolute atomic E-state index is 0.0355. The first-order valence-corrected chi connectivity index (χ1v) is 8.91. The number of rotatable bonds is 3. The lowest BCUT2D eigenvalue weighted by Gasteiger charge is -2.31. The largest absolute Gasteiger partial charge is 0.482 e. The Labute approximate surface area is 157 Å². The maximum atomic E-state index is 12.5. The van der Waals surface area contributed by atoms with Crippen LogP contribution in [0.3, 0.4) is 0 Å². The van der Waals surface area contributed by atoms with Crippen molar-refractivity contribution in [3.05, 3.63) is 53.1 Å². The highest BCUT2D eigenvalue weighted by molar-refractivity contribution is 6.01. The Balaban J connectivity index is 1.66. The zero-order valence-corrected chi connectivity index (χ0v) is 15.1. The predicted octanol–water partition coefficient (Wildman–Crippen LogP) is 2.11. The lowest BCUT2D eigenvalue weighted by Crippen LogP contribution is -2.38. The standard InChI is InChI=1S/C20H21N3O4/c1-22-8-2-3-14-9-13(4-6-16(14)22)11-23-17-10-15(20(25)21-26)5-7-18(17)27-12-19(23)24/h4-7,9-10,26H,2-3,8,11-12H2,1H3,(H,21,25). The number of hydrogen-bond donors (Lipinski definition) is 2. The minimum Gasteiger partial charge on any atom is -0.482 e. The minimum atomic E-state index is -0.632. The second kappa shape index (κ2) is 6.92. The van der Waals surface area contributed by atoms with Gasteiger partial charge in [0.1, 0.15) is 5.75 Å². The average Bonchev–Trinajstić information content (AvgIpc) is 2.69. The summed E-state index contributed by atoms with van der Waals surface area (Å²) in [4.78, 5) is 28.1. The van der Waals surface area contributed by atoms with Crippen LogP contribution in [0.4, 0.5) is 11.4 Å². The van der Waals surface area contributed by atoms with Crippen LogP contribution < -0.4 is 20.0 Å². The molecule has 0 fully saturated rings. The zero-order valence-electron chi connectivity index (χ0n) is 15.1. The molecule has 7 heteroatoms. The molecule has 2 amide bonds. The number of fused-ring (bicyclic) bond motifs is 2. The van der Waals surface area contributed by atoms with Crippen molar-refractivity contribution in [2.75, 3.05) is 30.0 Å². The highest BCUT2D eigenvalue weighted by Crippen LogP contribution is 2.35. The van der Waals surface area contributed by atoms with Gasteiger partial charge in [0.25, 0.3) is 11.8 Å². The molecular weight excluding hydrogens is 346 g/mol. The molecule has 0 bridgehead atoms. The number of nitrogens with one attached hydrogen (secondary N) is 1. The molecule has 2 heterocycles. The van der Waals surface area contributed by atoms with Crippen molar-refractivity contribution in [1.29, 1.82) is 0 Å². The predicted molar refractivity (Wildman–Crippen MR) is 100 cm³/mol. The molecule has 2 aliphatic heterocycles. The van der Waals surface area contributed by atoms with Crippen molar-refractivity contribution < 1.29 is 19.5 Å². The molecule has 2 N–H and O–H groups in total. The smallest absolute Gasteiger partial charge is 0.274 e. The lowest BCUT2D eigenvalue weighted by molar-refractivity contribution is -0.121. The number of hydroxylamine groups is 1. The topological polar surface area (TPSA) is 82.1 Å². The van der Waals surface area contributed by atoms with E-state index in [1.54, 1.807) is 28.6 Å². The van der Waals surface area contributed by atoms with Gasteiger partial charge >= 0.3 is 0 Å². The van der Waals surface area contributed by atoms with Gasteiger partial charge in [-0.3, -0.25) is 14.8 Å².